The third-order valence-corrected chi connectivity index (χ3v) is 6.27. The van der Waals surface area contributed by atoms with Crippen LogP contribution in [0.15, 0.2) is 29.2 Å². The van der Waals surface area contributed by atoms with Gasteiger partial charge < -0.3 is 15.0 Å². The molecule has 2 amide bonds. The maximum atomic E-state index is 12.3. The van der Waals surface area contributed by atoms with Crippen molar-refractivity contribution in [1.82, 2.24) is 10.2 Å². The van der Waals surface area contributed by atoms with Crippen molar-refractivity contribution in [3.63, 3.8) is 0 Å². The molecular weight excluding hydrogens is 396 g/mol. The first-order valence-electron chi connectivity index (χ1n) is 9.87. The lowest BCUT2D eigenvalue weighted by Crippen LogP contribution is -2.46. The van der Waals surface area contributed by atoms with Gasteiger partial charge in [0, 0.05) is 26.1 Å². The van der Waals surface area contributed by atoms with E-state index in [-0.39, 0.29) is 35.8 Å². The maximum Gasteiger partial charge on any atom is 0.317 e. The summed E-state index contributed by atoms with van der Waals surface area (Å²) in [7, 11) is -2.42. The predicted octanol–water partition coefficient (Wildman–Crippen LogP) is 2.47. The number of benzene rings is 1. The highest BCUT2D eigenvalue weighted by molar-refractivity contribution is 7.86. The molecule has 0 spiro atoms. The Morgan fingerprint density at radius 2 is 1.97 bits per heavy atom. The molecule has 1 atom stereocenters. The standard InChI is InChI=1S/C20H30N2O6S/c1-16-7-9-18(10-8-16)29(25,26)28-14-11-17-5-4-13-22(15-17)20(24)21-12-3-6-19(23)27-2/h7-10,17H,3-6,11-15H2,1-2H3,(H,21,24). The van der Waals surface area contributed by atoms with Gasteiger partial charge in [-0.2, -0.15) is 8.42 Å². The summed E-state index contributed by atoms with van der Waals surface area (Å²) in [5.41, 5.74) is 0.981. The first-order valence-corrected chi connectivity index (χ1v) is 11.3. The minimum atomic E-state index is -3.76. The molecule has 1 fully saturated rings. The van der Waals surface area contributed by atoms with Crippen molar-refractivity contribution < 1.29 is 26.9 Å². The fourth-order valence-corrected chi connectivity index (χ4v) is 4.15. The Morgan fingerprint density at radius 1 is 1.24 bits per heavy atom. The van der Waals surface area contributed by atoms with Crippen molar-refractivity contribution in [2.24, 2.45) is 5.92 Å². The number of piperidine rings is 1. The van der Waals surface area contributed by atoms with Crippen LogP contribution in [0.3, 0.4) is 0 Å². The lowest BCUT2D eigenvalue weighted by Gasteiger charge is -2.32. The molecule has 1 N–H and O–H groups in total. The van der Waals surface area contributed by atoms with Crippen molar-refractivity contribution in [3.05, 3.63) is 29.8 Å². The molecule has 9 heteroatoms. The molecule has 2 rings (SSSR count). The highest BCUT2D eigenvalue weighted by atomic mass is 32.2. The summed E-state index contributed by atoms with van der Waals surface area (Å²) in [4.78, 5) is 25.2. The number of rotatable bonds is 9. The van der Waals surface area contributed by atoms with Gasteiger partial charge in [-0.3, -0.25) is 8.98 Å². The number of amides is 2. The van der Waals surface area contributed by atoms with Gasteiger partial charge in [0.25, 0.3) is 10.1 Å². The topological polar surface area (TPSA) is 102 Å². The first kappa shape index (κ1) is 23.2. The number of carbonyl (C=O) groups is 2. The van der Waals surface area contributed by atoms with Crippen LogP contribution in [0.25, 0.3) is 0 Å². The molecule has 0 radical (unpaired) electrons. The summed E-state index contributed by atoms with van der Waals surface area (Å²) in [6, 6.07) is 6.39. The normalized spacial score (nSPS) is 17.0. The number of carbonyl (C=O) groups excluding carboxylic acids is 2. The van der Waals surface area contributed by atoms with E-state index in [1.54, 1.807) is 17.0 Å². The van der Waals surface area contributed by atoms with Gasteiger partial charge >= 0.3 is 12.0 Å². The quantitative estimate of drug-likeness (QED) is 0.370. The smallest absolute Gasteiger partial charge is 0.317 e. The minimum Gasteiger partial charge on any atom is -0.469 e. The number of hydrogen-bond acceptors (Lipinski definition) is 6. The van der Waals surface area contributed by atoms with Crippen LogP contribution in [0.4, 0.5) is 4.79 Å². The zero-order valence-electron chi connectivity index (χ0n) is 17.1. The Bertz CT molecular complexity index is 779. The molecule has 0 saturated carbocycles. The van der Waals surface area contributed by atoms with Gasteiger partial charge in [-0.05, 0) is 50.7 Å². The Labute approximate surface area is 172 Å². The molecule has 1 saturated heterocycles. The van der Waals surface area contributed by atoms with Gasteiger partial charge in [-0.1, -0.05) is 17.7 Å². The molecule has 1 aliphatic rings. The van der Waals surface area contributed by atoms with Crippen LogP contribution in [0.5, 0.6) is 0 Å². The highest BCUT2D eigenvalue weighted by Crippen LogP contribution is 2.21. The summed E-state index contributed by atoms with van der Waals surface area (Å²) in [5, 5.41) is 2.81. The number of aryl methyl sites for hydroxylation is 1. The molecule has 1 unspecified atom stereocenters. The van der Waals surface area contributed by atoms with E-state index in [2.05, 4.69) is 10.1 Å². The second-order valence-corrected chi connectivity index (χ2v) is 8.86. The molecule has 1 aromatic rings. The third-order valence-electron chi connectivity index (χ3n) is 4.94. The lowest BCUT2D eigenvalue weighted by atomic mass is 9.95. The van der Waals surface area contributed by atoms with Crippen LogP contribution >= 0.6 is 0 Å². The number of ether oxygens (including phenoxy) is 1. The lowest BCUT2D eigenvalue weighted by molar-refractivity contribution is -0.140. The second kappa shape index (κ2) is 11.2. The average molecular weight is 427 g/mol. The fraction of sp³-hybridized carbons (Fsp3) is 0.600. The van der Waals surface area contributed by atoms with Gasteiger partial charge in [0.1, 0.15) is 0 Å². The Morgan fingerprint density at radius 3 is 2.66 bits per heavy atom. The molecule has 1 aliphatic heterocycles. The van der Waals surface area contributed by atoms with Crippen molar-refractivity contribution >= 4 is 22.1 Å². The zero-order valence-corrected chi connectivity index (χ0v) is 17.9. The molecule has 1 aromatic carbocycles. The highest BCUT2D eigenvalue weighted by Gasteiger charge is 2.24. The number of urea groups is 1. The monoisotopic (exact) mass is 426 g/mol. The van der Waals surface area contributed by atoms with Crippen molar-refractivity contribution in [2.75, 3.05) is 33.4 Å². The van der Waals surface area contributed by atoms with Gasteiger partial charge in [-0.15, -0.1) is 0 Å². The van der Waals surface area contributed by atoms with E-state index in [1.807, 2.05) is 6.92 Å². The molecule has 29 heavy (non-hydrogen) atoms. The van der Waals surface area contributed by atoms with E-state index in [0.29, 0.717) is 32.5 Å². The van der Waals surface area contributed by atoms with E-state index in [4.69, 9.17) is 4.18 Å². The number of likely N-dealkylation sites (tertiary alicyclic amines) is 1. The summed E-state index contributed by atoms with van der Waals surface area (Å²) >= 11 is 0. The number of esters is 1. The average Bonchev–Trinajstić information content (AvgIpc) is 2.71. The van der Waals surface area contributed by atoms with E-state index < -0.39 is 10.1 Å². The van der Waals surface area contributed by atoms with Crippen LogP contribution in [0.1, 0.15) is 37.7 Å². The summed E-state index contributed by atoms with van der Waals surface area (Å²) in [6.45, 7) is 3.63. The Kier molecular flexibility index (Phi) is 8.91. The first-order chi connectivity index (χ1) is 13.8. The molecular formula is C20H30N2O6S. The number of methoxy groups -OCH3 is 1. The predicted molar refractivity (Wildman–Crippen MR) is 108 cm³/mol. The van der Waals surface area contributed by atoms with Crippen LogP contribution < -0.4 is 5.32 Å². The molecule has 162 valence electrons. The molecule has 0 bridgehead atoms. The molecule has 0 aromatic heterocycles. The van der Waals surface area contributed by atoms with Gasteiger partial charge in [0.2, 0.25) is 0 Å². The molecule has 8 nitrogen and oxygen atoms in total. The van der Waals surface area contributed by atoms with Gasteiger partial charge in [0.15, 0.2) is 0 Å². The SMILES string of the molecule is COC(=O)CCCNC(=O)N1CCCC(CCOS(=O)(=O)c2ccc(C)cc2)C1. The number of hydrogen-bond donors (Lipinski definition) is 1. The van der Waals surface area contributed by atoms with Crippen molar-refractivity contribution in [2.45, 2.75) is 43.9 Å². The van der Waals surface area contributed by atoms with E-state index in [9.17, 15) is 18.0 Å². The van der Waals surface area contributed by atoms with Crippen LogP contribution in [0, 0.1) is 12.8 Å². The van der Waals surface area contributed by atoms with Crippen LogP contribution in [-0.4, -0.2) is 58.7 Å². The van der Waals surface area contributed by atoms with E-state index in [1.165, 1.54) is 19.2 Å². The van der Waals surface area contributed by atoms with Crippen molar-refractivity contribution in [3.8, 4) is 0 Å². The maximum absolute atomic E-state index is 12.3. The zero-order chi connectivity index (χ0) is 21.3. The largest absolute Gasteiger partial charge is 0.469 e. The number of nitrogens with zero attached hydrogens (tertiary/aromatic N) is 1. The Balaban J connectivity index is 1.73. The van der Waals surface area contributed by atoms with E-state index in [0.717, 1.165) is 18.4 Å². The molecule has 0 aliphatic carbocycles. The fourth-order valence-electron chi connectivity index (χ4n) is 3.22. The van der Waals surface area contributed by atoms with Crippen LogP contribution in [-0.2, 0) is 23.8 Å². The summed E-state index contributed by atoms with van der Waals surface area (Å²) < 4.78 is 34.2. The van der Waals surface area contributed by atoms with Crippen molar-refractivity contribution in [1.29, 1.82) is 0 Å². The Hall–Kier alpha value is -2.13. The third kappa shape index (κ3) is 7.66. The van der Waals surface area contributed by atoms with Crippen LogP contribution in [0.2, 0.25) is 0 Å². The summed E-state index contributed by atoms with van der Waals surface area (Å²) in [5.74, 6) is -0.101. The second-order valence-electron chi connectivity index (χ2n) is 7.24. The van der Waals surface area contributed by atoms with Gasteiger partial charge in [0.05, 0.1) is 18.6 Å². The minimum absolute atomic E-state index is 0.0927. The number of nitrogens with one attached hydrogen (secondary N) is 1. The summed E-state index contributed by atoms with van der Waals surface area (Å²) in [6.07, 6.45) is 3.16. The van der Waals surface area contributed by atoms with Gasteiger partial charge in [-0.25, -0.2) is 4.79 Å². The van der Waals surface area contributed by atoms with E-state index >= 15 is 0 Å². The molecule has 1 heterocycles.